The highest BCUT2D eigenvalue weighted by Crippen LogP contribution is 2.29. The fourth-order valence-corrected chi connectivity index (χ4v) is 2.88. The number of nitrogens with one attached hydrogen (secondary N) is 1. The molecule has 1 N–H and O–H groups in total. The first-order valence-electron chi connectivity index (χ1n) is 8.58. The highest BCUT2D eigenvalue weighted by Gasteiger charge is 2.17. The van der Waals surface area contributed by atoms with Crippen LogP contribution in [-0.2, 0) is 4.79 Å². The lowest BCUT2D eigenvalue weighted by Gasteiger charge is -2.33. The molecular formula is C19H22N4O4. The SMILES string of the molecule is COc1ccc(NC(=O)c2ccc(N3CCN(C=O)CC3)cn2)c(OC)c1. The number of piperazine rings is 1. The van der Waals surface area contributed by atoms with Gasteiger partial charge in [0.1, 0.15) is 17.2 Å². The molecule has 8 heteroatoms. The second-order valence-corrected chi connectivity index (χ2v) is 6.05. The molecule has 0 bridgehead atoms. The molecule has 0 unspecified atom stereocenters. The average molecular weight is 370 g/mol. The number of rotatable bonds is 6. The average Bonchev–Trinajstić information content (AvgIpc) is 2.74. The molecule has 2 heterocycles. The fourth-order valence-electron chi connectivity index (χ4n) is 2.88. The lowest BCUT2D eigenvalue weighted by atomic mass is 10.2. The van der Waals surface area contributed by atoms with Crippen molar-refractivity contribution in [1.82, 2.24) is 9.88 Å². The molecule has 2 aromatic rings. The Kier molecular flexibility index (Phi) is 5.75. The summed E-state index contributed by atoms with van der Waals surface area (Å²) in [5.74, 6) is 0.824. The summed E-state index contributed by atoms with van der Waals surface area (Å²) in [7, 11) is 3.10. The number of methoxy groups -OCH3 is 2. The molecular weight excluding hydrogens is 348 g/mol. The van der Waals surface area contributed by atoms with Crippen molar-refractivity contribution in [2.75, 3.05) is 50.6 Å². The molecule has 0 saturated carbocycles. The van der Waals surface area contributed by atoms with Gasteiger partial charge < -0.3 is 24.6 Å². The highest BCUT2D eigenvalue weighted by molar-refractivity contribution is 6.03. The molecule has 3 rings (SSSR count). The number of carbonyl (C=O) groups is 2. The van der Waals surface area contributed by atoms with E-state index in [9.17, 15) is 9.59 Å². The Morgan fingerprint density at radius 1 is 1.11 bits per heavy atom. The molecule has 0 atom stereocenters. The molecule has 1 aliphatic rings. The number of carbonyl (C=O) groups excluding carboxylic acids is 2. The van der Waals surface area contributed by atoms with Gasteiger partial charge in [0.25, 0.3) is 5.91 Å². The molecule has 27 heavy (non-hydrogen) atoms. The normalized spacial score (nSPS) is 13.9. The smallest absolute Gasteiger partial charge is 0.274 e. The van der Waals surface area contributed by atoms with Gasteiger partial charge in [-0.2, -0.15) is 0 Å². The minimum atomic E-state index is -0.323. The number of amides is 2. The standard InChI is InChI=1S/C19H22N4O4/c1-26-15-4-6-16(18(11-15)27-2)21-19(25)17-5-3-14(12-20-17)23-9-7-22(13-24)8-10-23/h3-6,11-13H,7-10H2,1-2H3,(H,21,25). The summed E-state index contributed by atoms with van der Waals surface area (Å²) in [6.07, 6.45) is 2.55. The Morgan fingerprint density at radius 2 is 1.89 bits per heavy atom. The van der Waals surface area contributed by atoms with Gasteiger partial charge in [0.2, 0.25) is 6.41 Å². The predicted octanol–water partition coefficient (Wildman–Crippen LogP) is 1.63. The minimum Gasteiger partial charge on any atom is -0.497 e. The highest BCUT2D eigenvalue weighted by atomic mass is 16.5. The van der Waals surface area contributed by atoms with Crippen LogP contribution in [0.3, 0.4) is 0 Å². The zero-order valence-electron chi connectivity index (χ0n) is 15.3. The molecule has 1 aliphatic heterocycles. The molecule has 1 aromatic heterocycles. The lowest BCUT2D eigenvalue weighted by molar-refractivity contribution is -0.118. The number of hydrogen-bond donors (Lipinski definition) is 1. The first kappa shape index (κ1) is 18.5. The maximum atomic E-state index is 12.5. The van der Waals surface area contributed by atoms with Crippen molar-refractivity contribution in [3.05, 3.63) is 42.2 Å². The van der Waals surface area contributed by atoms with E-state index in [1.165, 1.54) is 7.11 Å². The van der Waals surface area contributed by atoms with Gasteiger partial charge in [-0.3, -0.25) is 9.59 Å². The van der Waals surface area contributed by atoms with Gasteiger partial charge in [-0.05, 0) is 24.3 Å². The van der Waals surface area contributed by atoms with Gasteiger partial charge in [-0.25, -0.2) is 4.98 Å². The van der Waals surface area contributed by atoms with E-state index < -0.39 is 0 Å². The molecule has 0 spiro atoms. The second kappa shape index (κ2) is 8.39. The molecule has 8 nitrogen and oxygen atoms in total. The Morgan fingerprint density at radius 3 is 2.48 bits per heavy atom. The van der Waals surface area contributed by atoms with Crippen molar-refractivity contribution in [1.29, 1.82) is 0 Å². The first-order valence-corrected chi connectivity index (χ1v) is 8.58. The van der Waals surface area contributed by atoms with Crippen LogP contribution in [0.25, 0.3) is 0 Å². The summed E-state index contributed by atoms with van der Waals surface area (Å²) < 4.78 is 10.4. The van der Waals surface area contributed by atoms with Gasteiger partial charge >= 0.3 is 0 Å². The van der Waals surface area contributed by atoms with Crippen LogP contribution < -0.4 is 19.7 Å². The lowest BCUT2D eigenvalue weighted by Crippen LogP contribution is -2.45. The van der Waals surface area contributed by atoms with Crippen LogP contribution in [0.15, 0.2) is 36.5 Å². The minimum absolute atomic E-state index is 0.308. The number of pyridine rings is 1. The van der Waals surface area contributed by atoms with Crippen LogP contribution in [0.2, 0.25) is 0 Å². The summed E-state index contributed by atoms with van der Waals surface area (Å²) in [5, 5.41) is 2.80. The zero-order chi connectivity index (χ0) is 19.2. The number of hydrogen-bond acceptors (Lipinski definition) is 6. The summed E-state index contributed by atoms with van der Waals surface area (Å²) in [6, 6.07) is 8.71. The van der Waals surface area contributed by atoms with Crippen molar-refractivity contribution in [3.8, 4) is 11.5 Å². The number of benzene rings is 1. The molecule has 1 aromatic carbocycles. The van der Waals surface area contributed by atoms with Crippen LogP contribution in [0.5, 0.6) is 11.5 Å². The Bertz CT molecular complexity index is 802. The van der Waals surface area contributed by atoms with E-state index >= 15 is 0 Å². The maximum Gasteiger partial charge on any atom is 0.274 e. The predicted molar refractivity (Wildman–Crippen MR) is 102 cm³/mol. The van der Waals surface area contributed by atoms with E-state index in [4.69, 9.17) is 9.47 Å². The van der Waals surface area contributed by atoms with E-state index in [1.807, 2.05) is 6.07 Å². The molecule has 1 saturated heterocycles. The van der Waals surface area contributed by atoms with Crippen LogP contribution in [-0.4, -0.2) is 62.6 Å². The van der Waals surface area contributed by atoms with Crippen molar-refractivity contribution < 1.29 is 19.1 Å². The van der Waals surface area contributed by atoms with E-state index in [0.717, 1.165) is 25.2 Å². The van der Waals surface area contributed by atoms with Crippen molar-refractivity contribution >= 4 is 23.7 Å². The third-order valence-corrected chi connectivity index (χ3v) is 4.47. The van der Waals surface area contributed by atoms with E-state index in [2.05, 4.69) is 15.2 Å². The van der Waals surface area contributed by atoms with Gasteiger partial charge in [0.15, 0.2) is 0 Å². The molecule has 1 fully saturated rings. The van der Waals surface area contributed by atoms with Crippen LogP contribution in [0.4, 0.5) is 11.4 Å². The quantitative estimate of drug-likeness (QED) is 0.778. The largest absolute Gasteiger partial charge is 0.497 e. The third kappa shape index (κ3) is 4.28. The first-order chi connectivity index (χ1) is 13.1. The van der Waals surface area contributed by atoms with E-state index in [0.29, 0.717) is 36.0 Å². The third-order valence-electron chi connectivity index (χ3n) is 4.47. The number of aromatic nitrogens is 1. The fraction of sp³-hybridized carbons (Fsp3) is 0.316. The topological polar surface area (TPSA) is 84.0 Å². The zero-order valence-corrected chi connectivity index (χ0v) is 15.3. The van der Waals surface area contributed by atoms with Crippen LogP contribution in [0.1, 0.15) is 10.5 Å². The number of nitrogens with zero attached hydrogens (tertiary/aromatic N) is 3. The molecule has 0 radical (unpaired) electrons. The van der Waals surface area contributed by atoms with Gasteiger partial charge in [0, 0.05) is 32.2 Å². The Hall–Kier alpha value is -3.29. The van der Waals surface area contributed by atoms with E-state index in [1.54, 1.807) is 42.5 Å². The second-order valence-electron chi connectivity index (χ2n) is 6.05. The summed E-state index contributed by atoms with van der Waals surface area (Å²) in [4.78, 5) is 31.4. The summed E-state index contributed by atoms with van der Waals surface area (Å²) in [6.45, 7) is 2.86. The summed E-state index contributed by atoms with van der Waals surface area (Å²) in [5.41, 5.74) is 1.78. The van der Waals surface area contributed by atoms with Crippen molar-refractivity contribution in [2.45, 2.75) is 0 Å². The number of ether oxygens (including phenoxy) is 2. The van der Waals surface area contributed by atoms with E-state index in [-0.39, 0.29) is 5.91 Å². The van der Waals surface area contributed by atoms with Crippen LogP contribution >= 0.6 is 0 Å². The monoisotopic (exact) mass is 370 g/mol. The summed E-state index contributed by atoms with van der Waals surface area (Å²) >= 11 is 0. The van der Waals surface area contributed by atoms with Crippen LogP contribution in [0, 0.1) is 0 Å². The number of anilines is 2. The Balaban J connectivity index is 1.67. The van der Waals surface area contributed by atoms with Crippen molar-refractivity contribution in [3.63, 3.8) is 0 Å². The Labute approximate surface area is 157 Å². The van der Waals surface area contributed by atoms with Crippen molar-refractivity contribution in [2.24, 2.45) is 0 Å². The maximum absolute atomic E-state index is 12.5. The van der Waals surface area contributed by atoms with Gasteiger partial charge in [0.05, 0.1) is 31.8 Å². The molecule has 142 valence electrons. The molecule has 0 aliphatic carbocycles. The van der Waals surface area contributed by atoms with Gasteiger partial charge in [-0.15, -0.1) is 0 Å². The molecule has 2 amide bonds. The van der Waals surface area contributed by atoms with Gasteiger partial charge in [-0.1, -0.05) is 0 Å².